The molecule has 0 aromatic carbocycles. The van der Waals surface area contributed by atoms with Gasteiger partial charge in [0.2, 0.25) is 0 Å². The molecule has 1 heterocycles. The molecule has 7 heteroatoms. The zero-order valence-electron chi connectivity index (χ0n) is 13.3. The molecule has 0 saturated carbocycles. The highest BCUT2D eigenvalue weighted by Crippen LogP contribution is 2.25. The van der Waals surface area contributed by atoms with E-state index in [9.17, 15) is 9.90 Å². The number of carboxylic acid groups (broad SMARTS) is 1. The van der Waals surface area contributed by atoms with Crippen LogP contribution < -0.4 is 16.8 Å². The first-order valence-corrected chi connectivity index (χ1v) is 7.23. The Morgan fingerprint density at radius 3 is 2.57 bits per heavy atom. The van der Waals surface area contributed by atoms with Gasteiger partial charge in [-0.3, -0.25) is 4.99 Å². The minimum atomic E-state index is -1.34. The molecular weight excluding hydrogens is 270 g/mol. The Hall–Kier alpha value is -1.44. The van der Waals surface area contributed by atoms with Crippen molar-refractivity contribution in [2.24, 2.45) is 16.5 Å². The minimum absolute atomic E-state index is 0.155. The van der Waals surface area contributed by atoms with E-state index < -0.39 is 17.7 Å². The van der Waals surface area contributed by atoms with Gasteiger partial charge in [0.15, 0.2) is 0 Å². The molecule has 1 aliphatic heterocycles. The average Bonchev–Trinajstić information content (AvgIpc) is 2.36. The van der Waals surface area contributed by atoms with Crippen LogP contribution in [0.5, 0.6) is 0 Å². The molecule has 0 aliphatic carbocycles. The molecule has 1 rings (SSSR count). The number of nitrogens with zero attached hydrogens (tertiary/aromatic N) is 2. The lowest BCUT2D eigenvalue weighted by Crippen LogP contribution is -2.63. The SMILES string of the molecule is CCC1=NC(C)C(C(=O)O)=C(NCCCN(C)C)C1(N)N. The standard InChI is InChI=1S/C14H27N5O2/c1-5-10-14(15,16)12(17-7-6-8-19(3)4)11(13(20)21)9(2)18-10/h9,17H,5-8,15-16H2,1-4H3,(H,20,21). The van der Waals surface area contributed by atoms with Crippen molar-refractivity contribution in [3.63, 3.8) is 0 Å². The fraction of sp³-hybridized carbons (Fsp3) is 0.714. The molecule has 0 amide bonds. The van der Waals surface area contributed by atoms with Crippen molar-refractivity contribution in [2.75, 3.05) is 27.2 Å². The van der Waals surface area contributed by atoms with Crippen LogP contribution in [-0.2, 0) is 4.79 Å². The highest BCUT2D eigenvalue weighted by atomic mass is 16.4. The van der Waals surface area contributed by atoms with E-state index in [0.29, 0.717) is 24.4 Å². The second kappa shape index (κ2) is 7.02. The molecule has 7 nitrogen and oxygen atoms in total. The zero-order valence-corrected chi connectivity index (χ0v) is 13.3. The number of hydrogen-bond donors (Lipinski definition) is 4. The molecule has 0 radical (unpaired) electrons. The van der Waals surface area contributed by atoms with Gasteiger partial charge >= 0.3 is 5.97 Å². The number of rotatable bonds is 7. The Kier molecular flexibility index (Phi) is 5.88. The van der Waals surface area contributed by atoms with Crippen LogP contribution in [0, 0.1) is 0 Å². The van der Waals surface area contributed by atoms with Gasteiger partial charge in [0.25, 0.3) is 0 Å². The van der Waals surface area contributed by atoms with Crippen LogP contribution in [0.15, 0.2) is 16.3 Å². The molecule has 21 heavy (non-hydrogen) atoms. The summed E-state index contributed by atoms with van der Waals surface area (Å²) >= 11 is 0. The monoisotopic (exact) mass is 297 g/mol. The van der Waals surface area contributed by atoms with E-state index in [1.165, 1.54) is 0 Å². The lowest BCUT2D eigenvalue weighted by atomic mass is 9.89. The van der Waals surface area contributed by atoms with Gasteiger partial charge in [-0.25, -0.2) is 4.79 Å². The molecular formula is C14H27N5O2. The lowest BCUT2D eigenvalue weighted by Gasteiger charge is -2.36. The first kappa shape index (κ1) is 17.6. The Morgan fingerprint density at radius 2 is 2.10 bits per heavy atom. The largest absolute Gasteiger partial charge is 0.478 e. The summed E-state index contributed by atoms with van der Waals surface area (Å²) < 4.78 is 0. The van der Waals surface area contributed by atoms with Crippen LogP contribution in [0.25, 0.3) is 0 Å². The summed E-state index contributed by atoms with van der Waals surface area (Å²) in [6.45, 7) is 5.17. The molecule has 0 fully saturated rings. The number of hydrogen-bond acceptors (Lipinski definition) is 6. The fourth-order valence-corrected chi connectivity index (χ4v) is 2.50. The molecule has 0 aromatic heterocycles. The number of nitrogens with one attached hydrogen (secondary N) is 1. The van der Waals surface area contributed by atoms with Crippen LogP contribution >= 0.6 is 0 Å². The molecule has 1 aliphatic rings. The van der Waals surface area contributed by atoms with Gasteiger partial charge in [-0.05, 0) is 40.4 Å². The number of carbonyl (C=O) groups is 1. The van der Waals surface area contributed by atoms with Crippen LogP contribution in [0.3, 0.4) is 0 Å². The third-order valence-electron chi connectivity index (χ3n) is 3.58. The Labute approximate surface area is 126 Å². The van der Waals surface area contributed by atoms with Gasteiger partial charge in [0, 0.05) is 6.54 Å². The normalized spacial score (nSPS) is 21.5. The fourth-order valence-electron chi connectivity index (χ4n) is 2.50. The van der Waals surface area contributed by atoms with Crippen LogP contribution in [0.1, 0.15) is 26.7 Å². The molecule has 0 saturated heterocycles. The van der Waals surface area contributed by atoms with Crippen molar-refractivity contribution in [1.29, 1.82) is 0 Å². The highest BCUT2D eigenvalue weighted by Gasteiger charge is 2.40. The van der Waals surface area contributed by atoms with Gasteiger partial charge in [-0.1, -0.05) is 6.92 Å². The van der Waals surface area contributed by atoms with Crippen LogP contribution in [-0.4, -0.2) is 60.6 Å². The number of carboxylic acids is 1. The maximum absolute atomic E-state index is 11.5. The van der Waals surface area contributed by atoms with E-state index in [2.05, 4.69) is 15.2 Å². The van der Waals surface area contributed by atoms with Crippen molar-refractivity contribution in [1.82, 2.24) is 10.2 Å². The molecule has 1 unspecified atom stereocenters. The first-order valence-electron chi connectivity index (χ1n) is 7.23. The molecule has 1 atom stereocenters. The molecule has 0 bridgehead atoms. The third-order valence-corrected chi connectivity index (χ3v) is 3.58. The van der Waals surface area contributed by atoms with Gasteiger partial charge < -0.3 is 26.8 Å². The average molecular weight is 297 g/mol. The first-order chi connectivity index (χ1) is 9.71. The number of aliphatic imine (C=N–C) groups is 1. The predicted molar refractivity (Wildman–Crippen MR) is 84.1 cm³/mol. The number of dihydropyridines is 1. The maximum Gasteiger partial charge on any atom is 0.335 e. The highest BCUT2D eigenvalue weighted by molar-refractivity contribution is 6.01. The third kappa shape index (κ3) is 4.03. The van der Waals surface area contributed by atoms with Crippen molar-refractivity contribution in [3.8, 4) is 0 Å². The summed E-state index contributed by atoms with van der Waals surface area (Å²) in [6.07, 6.45) is 1.46. The quantitative estimate of drug-likeness (QED) is 0.380. The smallest absolute Gasteiger partial charge is 0.335 e. The van der Waals surface area contributed by atoms with Crippen molar-refractivity contribution >= 4 is 11.7 Å². The summed E-state index contributed by atoms with van der Waals surface area (Å²) in [5.74, 6) is -1.03. The van der Waals surface area contributed by atoms with E-state index in [1.54, 1.807) is 6.92 Å². The summed E-state index contributed by atoms with van der Waals surface area (Å²) in [6, 6.07) is -0.450. The van der Waals surface area contributed by atoms with E-state index in [0.717, 1.165) is 13.0 Å². The summed E-state index contributed by atoms with van der Waals surface area (Å²) in [5.41, 5.74) is 12.1. The van der Waals surface area contributed by atoms with Gasteiger partial charge in [-0.15, -0.1) is 0 Å². The lowest BCUT2D eigenvalue weighted by molar-refractivity contribution is -0.133. The molecule has 120 valence electrons. The Bertz CT molecular complexity index is 454. The van der Waals surface area contributed by atoms with Gasteiger partial charge in [0.05, 0.1) is 23.0 Å². The van der Waals surface area contributed by atoms with E-state index in [1.807, 2.05) is 21.0 Å². The van der Waals surface area contributed by atoms with Crippen LogP contribution in [0.2, 0.25) is 0 Å². The van der Waals surface area contributed by atoms with Crippen molar-refractivity contribution in [2.45, 2.75) is 38.4 Å². The number of aliphatic carboxylic acids is 1. The second-order valence-electron chi connectivity index (χ2n) is 5.65. The summed E-state index contributed by atoms with van der Waals surface area (Å²) in [7, 11) is 3.98. The minimum Gasteiger partial charge on any atom is -0.478 e. The topological polar surface area (TPSA) is 117 Å². The van der Waals surface area contributed by atoms with Crippen molar-refractivity contribution in [3.05, 3.63) is 11.3 Å². The maximum atomic E-state index is 11.5. The molecule has 0 aromatic rings. The molecule has 0 spiro atoms. The zero-order chi connectivity index (χ0) is 16.2. The van der Waals surface area contributed by atoms with E-state index in [4.69, 9.17) is 11.5 Å². The van der Waals surface area contributed by atoms with E-state index in [-0.39, 0.29) is 5.57 Å². The van der Waals surface area contributed by atoms with Gasteiger partial charge in [0.1, 0.15) is 5.66 Å². The van der Waals surface area contributed by atoms with Gasteiger partial charge in [-0.2, -0.15) is 0 Å². The van der Waals surface area contributed by atoms with Crippen LogP contribution in [0.4, 0.5) is 0 Å². The van der Waals surface area contributed by atoms with Crippen molar-refractivity contribution < 1.29 is 9.90 Å². The number of nitrogens with two attached hydrogens (primary N) is 2. The Balaban J connectivity index is 2.99. The summed E-state index contributed by atoms with van der Waals surface area (Å²) in [5, 5.41) is 12.6. The summed E-state index contributed by atoms with van der Waals surface area (Å²) in [4.78, 5) is 17.9. The Morgan fingerprint density at radius 1 is 1.48 bits per heavy atom. The second-order valence-corrected chi connectivity index (χ2v) is 5.65. The predicted octanol–water partition coefficient (Wildman–Crippen LogP) is -0.267. The molecule has 6 N–H and O–H groups in total. The van der Waals surface area contributed by atoms with E-state index >= 15 is 0 Å².